The molecule has 0 atom stereocenters. The number of aromatic nitrogens is 1. The van der Waals surface area contributed by atoms with E-state index in [2.05, 4.69) is 5.32 Å². The first-order chi connectivity index (χ1) is 15.4. The number of hydrogen-bond acceptors (Lipinski definition) is 4. The van der Waals surface area contributed by atoms with Crippen LogP contribution in [0.5, 0.6) is 11.5 Å². The van der Waals surface area contributed by atoms with E-state index in [-0.39, 0.29) is 11.8 Å². The number of benzene rings is 2. The van der Waals surface area contributed by atoms with Crippen molar-refractivity contribution in [2.45, 2.75) is 26.2 Å². The molecule has 0 saturated carbocycles. The molecule has 1 fully saturated rings. The molecule has 168 valence electrons. The van der Waals surface area contributed by atoms with Crippen molar-refractivity contribution in [3.05, 3.63) is 53.2 Å². The average Bonchev–Trinajstić information content (AvgIpc) is 3.33. The van der Waals surface area contributed by atoms with Gasteiger partial charge >= 0.3 is 0 Å². The molecule has 0 unspecified atom stereocenters. The molecule has 32 heavy (non-hydrogen) atoms. The van der Waals surface area contributed by atoms with Crippen LogP contribution in [-0.2, 0) is 18.3 Å². The number of nitrogens with zero attached hydrogens (tertiary/aromatic N) is 2. The van der Waals surface area contributed by atoms with Crippen molar-refractivity contribution in [2.75, 3.05) is 32.2 Å². The van der Waals surface area contributed by atoms with Crippen LogP contribution in [0.15, 0.2) is 36.4 Å². The largest absolute Gasteiger partial charge is 0.497 e. The first kappa shape index (κ1) is 21.7. The Labute approximate surface area is 187 Å². The zero-order valence-corrected chi connectivity index (χ0v) is 19.0. The lowest BCUT2D eigenvalue weighted by Gasteiger charge is -2.18. The quantitative estimate of drug-likeness (QED) is 0.616. The van der Waals surface area contributed by atoms with E-state index in [0.29, 0.717) is 37.3 Å². The molecule has 7 nitrogen and oxygen atoms in total. The topological polar surface area (TPSA) is 72.8 Å². The molecule has 2 amide bonds. The predicted octanol–water partition coefficient (Wildman–Crippen LogP) is 3.60. The molecular weight excluding hydrogens is 406 g/mol. The Kier molecular flexibility index (Phi) is 6.08. The molecule has 7 heteroatoms. The van der Waals surface area contributed by atoms with Gasteiger partial charge in [0.1, 0.15) is 17.2 Å². The summed E-state index contributed by atoms with van der Waals surface area (Å²) in [6, 6.07) is 11.7. The third kappa shape index (κ3) is 3.90. The number of anilines is 1. The van der Waals surface area contributed by atoms with Crippen molar-refractivity contribution in [2.24, 2.45) is 7.05 Å². The Bertz CT molecular complexity index is 1180. The maximum absolute atomic E-state index is 13.3. The lowest BCUT2D eigenvalue weighted by atomic mass is 10.1. The van der Waals surface area contributed by atoms with Gasteiger partial charge in [-0.05, 0) is 55.7 Å². The first-order valence-corrected chi connectivity index (χ1v) is 10.8. The van der Waals surface area contributed by atoms with Crippen molar-refractivity contribution in [1.82, 2.24) is 9.88 Å². The number of nitrogens with one attached hydrogen (secondary N) is 1. The van der Waals surface area contributed by atoms with Crippen LogP contribution in [0, 0.1) is 6.92 Å². The summed E-state index contributed by atoms with van der Waals surface area (Å²) in [6.07, 6.45) is 1.91. The van der Waals surface area contributed by atoms with Crippen LogP contribution in [0.4, 0.5) is 5.69 Å². The zero-order chi connectivity index (χ0) is 22.8. The lowest BCUT2D eigenvalue weighted by molar-refractivity contribution is -0.117. The third-order valence-electron chi connectivity index (χ3n) is 6.05. The van der Waals surface area contributed by atoms with Gasteiger partial charge in [0.25, 0.3) is 5.91 Å². The molecule has 0 spiro atoms. The molecular formula is C25H29N3O4. The fourth-order valence-corrected chi connectivity index (χ4v) is 4.43. The second-order valence-corrected chi connectivity index (χ2v) is 8.11. The van der Waals surface area contributed by atoms with Gasteiger partial charge in [-0.3, -0.25) is 9.59 Å². The number of carbonyl (C=O) groups excluding carboxylic acids is 2. The van der Waals surface area contributed by atoms with Crippen LogP contribution in [0.25, 0.3) is 10.9 Å². The summed E-state index contributed by atoms with van der Waals surface area (Å²) in [4.78, 5) is 27.7. The molecule has 0 radical (unpaired) electrons. The van der Waals surface area contributed by atoms with E-state index in [9.17, 15) is 9.59 Å². The average molecular weight is 436 g/mol. The minimum Gasteiger partial charge on any atom is -0.497 e. The zero-order valence-electron chi connectivity index (χ0n) is 19.0. The number of carbonyl (C=O) groups is 2. The van der Waals surface area contributed by atoms with Gasteiger partial charge < -0.3 is 24.3 Å². The Hall–Kier alpha value is -3.48. The van der Waals surface area contributed by atoms with E-state index in [0.717, 1.165) is 39.9 Å². The molecule has 0 bridgehead atoms. The van der Waals surface area contributed by atoms with Crippen molar-refractivity contribution < 1.29 is 19.1 Å². The van der Waals surface area contributed by atoms with Gasteiger partial charge in [0.2, 0.25) is 5.91 Å². The standard InChI is InChI=1S/C25H29N3O4/c1-16-7-9-20-19(14-16)23(28-13-5-6-22(28)29)24(27(20)2)25(30)26-12-11-17-15-18(31-3)8-10-21(17)32-4/h7-10,14-15H,5-6,11-13H2,1-4H3,(H,26,30). The van der Waals surface area contributed by atoms with E-state index in [1.54, 1.807) is 19.1 Å². The molecule has 2 aromatic carbocycles. The maximum atomic E-state index is 13.3. The van der Waals surface area contributed by atoms with E-state index >= 15 is 0 Å². The Morgan fingerprint density at radius 2 is 1.94 bits per heavy atom. The number of fused-ring (bicyclic) bond motifs is 1. The molecule has 1 saturated heterocycles. The molecule has 3 aromatic rings. The summed E-state index contributed by atoms with van der Waals surface area (Å²) < 4.78 is 12.6. The maximum Gasteiger partial charge on any atom is 0.270 e. The van der Waals surface area contributed by atoms with Crippen LogP contribution >= 0.6 is 0 Å². The van der Waals surface area contributed by atoms with Crippen LogP contribution in [-0.4, -0.2) is 43.7 Å². The minimum atomic E-state index is -0.196. The summed E-state index contributed by atoms with van der Waals surface area (Å²) in [5.74, 6) is 1.36. The normalized spacial score (nSPS) is 13.6. The van der Waals surface area contributed by atoms with E-state index in [4.69, 9.17) is 9.47 Å². The summed E-state index contributed by atoms with van der Waals surface area (Å²) in [6.45, 7) is 3.08. The van der Waals surface area contributed by atoms with Crippen molar-refractivity contribution >= 4 is 28.4 Å². The van der Waals surface area contributed by atoms with E-state index in [1.807, 2.05) is 54.9 Å². The fourth-order valence-electron chi connectivity index (χ4n) is 4.43. The van der Waals surface area contributed by atoms with Gasteiger partial charge in [-0.25, -0.2) is 0 Å². The molecule has 4 rings (SSSR count). The van der Waals surface area contributed by atoms with Crippen molar-refractivity contribution in [1.29, 1.82) is 0 Å². The molecule has 1 aliphatic rings. The highest BCUT2D eigenvalue weighted by atomic mass is 16.5. The number of ether oxygens (including phenoxy) is 2. The molecule has 1 N–H and O–H groups in total. The van der Waals surface area contributed by atoms with Crippen molar-refractivity contribution in [3.8, 4) is 11.5 Å². The highest BCUT2D eigenvalue weighted by molar-refractivity contribution is 6.14. The van der Waals surface area contributed by atoms with E-state index in [1.165, 1.54) is 0 Å². The van der Waals surface area contributed by atoms with Gasteiger partial charge in [0.05, 0.1) is 25.4 Å². The SMILES string of the molecule is COc1ccc(OC)c(CCNC(=O)c2c(N3CCCC3=O)c3cc(C)ccc3n2C)c1. The highest BCUT2D eigenvalue weighted by Crippen LogP contribution is 2.36. The second kappa shape index (κ2) is 8.94. The van der Waals surface area contributed by atoms with Gasteiger partial charge in [-0.15, -0.1) is 0 Å². The van der Waals surface area contributed by atoms with Crippen LogP contribution in [0.2, 0.25) is 0 Å². The van der Waals surface area contributed by atoms with Crippen molar-refractivity contribution in [3.63, 3.8) is 0 Å². The highest BCUT2D eigenvalue weighted by Gasteiger charge is 2.31. The van der Waals surface area contributed by atoms with E-state index < -0.39 is 0 Å². The number of hydrogen-bond donors (Lipinski definition) is 1. The van der Waals surface area contributed by atoms with Gasteiger partial charge in [0, 0.05) is 31.9 Å². The smallest absolute Gasteiger partial charge is 0.270 e. The Morgan fingerprint density at radius 3 is 2.62 bits per heavy atom. The van der Waals surface area contributed by atoms with Crippen LogP contribution in [0.1, 0.15) is 34.5 Å². The number of aryl methyl sites for hydroxylation is 2. The van der Waals surface area contributed by atoms with Gasteiger partial charge in [0.15, 0.2) is 0 Å². The first-order valence-electron chi connectivity index (χ1n) is 10.8. The second-order valence-electron chi connectivity index (χ2n) is 8.11. The summed E-state index contributed by atoms with van der Waals surface area (Å²) >= 11 is 0. The molecule has 1 aromatic heterocycles. The summed E-state index contributed by atoms with van der Waals surface area (Å²) in [5.41, 5.74) is 4.20. The molecule has 1 aliphatic heterocycles. The van der Waals surface area contributed by atoms with Crippen LogP contribution in [0.3, 0.4) is 0 Å². The molecule has 2 heterocycles. The number of amides is 2. The number of rotatable bonds is 7. The predicted molar refractivity (Wildman–Crippen MR) is 125 cm³/mol. The Morgan fingerprint density at radius 1 is 1.12 bits per heavy atom. The Balaban J connectivity index is 1.63. The third-order valence-corrected chi connectivity index (χ3v) is 6.05. The summed E-state index contributed by atoms with van der Waals surface area (Å²) in [5, 5.41) is 3.97. The summed E-state index contributed by atoms with van der Waals surface area (Å²) in [7, 11) is 5.12. The minimum absolute atomic E-state index is 0.0640. The molecule has 0 aliphatic carbocycles. The lowest BCUT2D eigenvalue weighted by Crippen LogP contribution is -2.31. The van der Waals surface area contributed by atoms with Crippen LogP contribution < -0.4 is 19.7 Å². The monoisotopic (exact) mass is 435 g/mol. The number of methoxy groups -OCH3 is 2. The van der Waals surface area contributed by atoms with Gasteiger partial charge in [-0.2, -0.15) is 0 Å². The van der Waals surface area contributed by atoms with Gasteiger partial charge in [-0.1, -0.05) is 11.6 Å². The fraction of sp³-hybridized carbons (Fsp3) is 0.360.